The van der Waals surface area contributed by atoms with Gasteiger partial charge >= 0.3 is 5.97 Å². The van der Waals surface area contributed by atoms with Crippen LogP contribution in [0.15, 0.2) is 39.5 Å². The summed E-state index contributed by atoms with van der Waals surface area (Å²) >= 11 is 0. The molecule has 0 aliphatic rings. The highest BCUT2D eigenvalue weighted by atomic mass is 16.5. The van der Waals surface area contributed by atoms with E-state index in [1.807, 2.05) is 20.8 Å². The Morgan fingerprint density at radius 1 is 1.19 bits per heavy atom. The summed E-state index contributed by atoms with van der Waals surface area (Å²) in [5, 5.41) is 3.07. The predicted molar refractivity (Wildman–Crippen MR) is 98.3 cm³/mol. The zero-order valence-electron chi connectivity index (χ0n) is 15.7. The summed E-state index contributed by atoms with van der Waals surface area (Å²) in [4.78, 5) is 49.1. The summed E-state index contributed by atoms with van der Waals surface area (Å²) in [5.74, 6) is -2.11. The first kappa shape index (κ1) is 20.2. The summed E-state index contributed by atoms with van der Waals surface area (Å²) in [7, 11) is 1.43. The lowest BCUT2D eigenvalue weighted by molar-refractivity contribution is -0.137. The Bertz CT molecular complexity index is 926. The summed E-state index contributed by atoms with van der Waals surface area (Å²) in [6.45, 7) is 4.73. The Hall–Kier alpha value is -3.16. The Kier molecular flexibility index (Phi) is 5.99. The zero-order chi connectivity index (χ0) is 20.2. The average molecular weight is 374 g/mol. The minimum Gasteiger partial charge on any atom is -0.450 e. The normalized spacial score (nSPS) is 11.1. The molecule has 1 aromatic carbocycles. The average Bonchev–Trinajstić information content (AvgIpc) is 2.57. The van der Waals surface area contributed by atoms with E-state index < -0.39 is 24.0 Å². The lowest BCUT2D eigenvalue weighted by Gasteiger charge is -2.23. The lowest BCUT2D eigenvalue weighted by Crippen LogP contribution is -2.46. The first-order valence-electron chi connectivity index (χ1n) is 8.32. The van der Waals surface area contributed by atoms with Crippen molar-refractivity contribution in [3.8, 4) is 0 Å². The van der Waals surface area contributed by atoms with Crippen molar-refractivity contribution in [2.45, 2.75) is 26.3 Å². The van der Waals surface area contributed by atoms with Crippen molar-refractivity contribution in [3.63, 3.8) is 0 Å². The minimum absolute atomic E-state index is 0.168. The maximum Gasteiger partial charge on any atom is 0.374 e. The number of benzene rings is 1. The summed E-state index contributed by atoms with van der Waals surface area (Å²) in [6.07, 6.45) is 0. The molecule has 0 unspecified atom stereocenters. The van der Waals surface area contributed by atoms with Gasteiger partial charge in [-0.1, -0.05) is 12.1 Å². The number of carbonyl (C=O) groups is 3. The standard InChI is InChI=1S/C19H22N2O6/c1-19(2,3)20-16(23)10-21(4)17(24)11-26-18(25)15-9-13(22)12-7-5-6-8-14(12)27-15/h5-9H,10-11H2,1-4H3,(H,20,23). The second-order valence-electron chi connectivity index (χ2n) is 7.10. The van der Waals surface area contributed by atoms with E-state index in [4.69, 9.17) is 9.15 Å². The Balaban J connectivity index is 1.96. The molecule has 2 rings (SSSR count). The summed E-state index contributed by atoms with van der Waals surface area (Å²) < 4.78 is 10.3. The van der Waals surface area contributed by atoms with Crippen LogP contribution in [0.1, 0.15) is 31.3 Å². The molecule has 8 nitrogen and oxygen atoms in total. The molecule has 0 bridgehead atoms. The van der Waals surface area contributed by atoms with Crippen molar-refractivity contribution in [2.24, 2.45) is 0 Å². The molecule has 0 fully saturated rings. The molecule has 27 heavy (non-hydrogen) atoms. The maximum absolute atomic E-state index is 12.1. The second-order valence-corrected chi connectivity index (χ2v) is 7.10. The molecule has 2 aromatic rings. The van der Waals surface area contributed by atoms with E-state index in [0.29, 0.717) is 5.39 Å². The van der Waals surface area contributed by atoms with Gasteiger partial charge in [0, 0.05) is 18.7 Å². The largest absolute Gasteiger partial charge is 0.450 e. The molecule has 0 saturated heterocycles. The third-order valence-electron chi connectivity index (χ3n) is 3.48. The van der Waals surface area contributed by atoms with E-state index in [0.717, 1.165) is 11.0 Å². The molecule has 1 N–H and O–H groups in total. The maximum atomic E-state index is 12.1. The number of hydrogen-bond acceptors (Lipinski definition) is 6. The van der Waals surface area contributed by atoms with Crippen LogP contribution in [-0.2, 0) is 14.3 Å². The SMILES string of the molecule is CN(CC(=O)NC(C)(C)C)C(=O)COC(=O)c1cc(=O)c2ccccc2o1. The highest BCUT2D eigenvalue weighted by molar-refractivity contribution is 5.91. The number of ether oxygens (including phenoxy) is 1. The Morgan fingerprint density at radius 2 is 1.85 bits per heavy atom. The van der Waals surface area contributed by atoms with Crippen molar-refractivity contribution in [1.29, 1.82) is 0 Å². The number of rotatable bonds is 5. The molecule has 0 aliphatic heterocycles. The third kappa shape index (κ3) is 5.67. The van der Waals surface area contributed by atoms with Gasteiger partial charge in [0.05, 0.1) is 11.9 Å². The number of likely N-dealkylation sites (N-methyl/N-ethyl adjacent to an activating group) is 1. The molecular weight excluding hydrogens is 352 g/mol. The molecule has 0 spiro atoms. The Morgan fingerprint density at radius 3 is 2.52 bits per heavy atom. The number of nitrogens with zero attached hydrogens (tertiary/aromatic N) is 1. The molecular formula is C19H22N2O6. The van der Waals surface area contributed by atoms with E-state index in [-0.39, 0.29) is 29.2 Å². The van der Waals surface area contributed by atoms with Gasteiger partial charge in [-0.15, -0.1) is 0 Å². The first-order chi connectivity index (χ1) is 12.6. The fourth-order valence-corrected chi connectivity index (χ4v) is 2.27. The quantitative estimate of drug-likeness (QED) is 0.792. The van der Waals surface area contributed by atoms with Gasteiger partial charge in [-0.2, -0.15) is 0 Å². The van der Waals surface area contributed by atoms with E-state index >= 15 is 0 Å². The van der Waals surface area contributed by atoms with Crippen LogP contribution in [-0.4, -0.2) is 48.4 Å². The van der Waals surface area contributed by atoms with Crippen molar-refractivity contribution in [1.82, 2.24) is 10.2 Å². The van der Waals surface area contributed by atoms with Gasteiger partial charge in [-0.05, 0) is 32.9 Å². The van der Waals surface area contributed by atoms with Crippen molar-refractivity contribution >= 4 is 28.8 Å². The van der Waals surface area contributed by atoms with Gasteiger partial charge in [-0.25, -0.2) is 4.79 Å². The number of carbonyl (C=O) groups excluding carboxylic acids is 3. The molecule has 0 radical (unpaired) electrons. The van der Waals surface area contributed by atoms with Crippen LogP contribution in [0.4, 0.5) is 0 Å². The second kappa shape index (κ2) is 8.03. The third-order valence-corrected chi connectivity index (χ3v) is 3.48. The fourth-order valence-electron chi connectivity index (χ4n) is 2.27. The number of para-hydroxylation sites is 1. The zero-order valence-corrected chi connectivity index (χ0v) is 15.7. The molecule has 144 valence electrons. The van der Waals surface area contributed by atoms with Gasteiger partial charge in [0.15, 0.2) is 12.0 Å². The highest BCUT2D eigenvalue weighted by Crippen LogP contribution is 2.12. The van der Waals surface area contributed by atoms with Crippen LogP contribution in [0, 0.1) is 0 Å². The van der Waals surface area contributed by atoms with E-state index in [1.165, 1.54) is 7.05 Å². The van der Waals surface area contributed by atoms with Gasteiger partial charge in [0.25, 0.3) is 5.91 Å². The molecule has 0 atom stereocenters. The molecule has 2 amide bonds. The van der Waals surface area contributed by atoms with Crippen molar-refractivity contribution in [3.05, 3.63) is 46.3 Å². The molecule has 0 saturated carbocycles. The number of nitrogens with one attached hydrogen (secondary N) is 1. The van der Waals surface area contributed by atoms with Crippen LogP contribution < -0.4 is 10.7 Å². The smallest absolute Gasteiger partial charge is 0.374 e. The Labute approximate surface area is 156 Å². The number of hydrogen-bond donors (Lipinski definition) is 1. The van der Waals surface area contributed by atoms with Crippen LogP contribution >= 0.6 is 0 Å². The van der Waals surface area contributed by atoms with Crippen molar-refractivity contribution in [2.75, 3.05) is 20.2 Å². The number of fused-ring (bicyclic) bond motifs is 1. The van der Waals surface area contributed by atoms with Crippen LogP contribution in [0.25, 0.3) is 11.0 Å². The predicted octanol–water partition coefficient (Wildman–Crippen LogP) is 1.32. The monoisotopic (exact) mass is 374 g/mol. The number of amides is 2. The molecule has 1 heterocycles. The highest BCUT2D eigenvalue weighted by Gasteiger charge is 2.20. The molecule has 1 aromatic heterocycles. The first-order valence-corrected chi connectivity index (χ1v) is 8.32. The molecule has 0 aliphatic carbocycles. The van der Waals surface area contributed by atoms with Crippen LogP contribution in [0.3, 0.4) is 0 Å². The lowest BCUT2D eigenvalue weighted by atomic mass is 10.1. The molecule has 8 heteroatoms. The summed E-state index contributed by atoms with van der Waals surface area (Å²) in [5.41, 5.74) is -0.550. The van der Waals surface area contributed by atoms with Crippen LogP contribution in [0.5, 0.6) is 0 Å². The van der Waals surface area contributed by atoms with Crippen molar-refractivity contribution < 1.29 is 23.5 Å². The van der Waals surface area contributed by atoms with E-state index in [1.54, 1.807) is 24.3 Å². The topological polar surface area (TPSA) is 106 Å². The van der Waals surface area contributed by atoms with Gasteiger partial charge in [0.2, 0.25) is 11.7 Å². The minimum atomic E-state index is -0.932. The summed E-state index contributed by atoms with van der Waals surface area (Å²) in [6, 6.07) is 7.51. The van der Waals surface area contributed by atoms with Gasteiger partial charge in [-0.3, -0.25) is 14.4 Å². The van der Waals surface area contributed by atoms with E-state index in [2.05, 4.69) is 5.32 Å². The van der Waals surface area contributed by atoms with Gasteiger partial charge < -0.3 is 19.4 Å². The number of esters is 1. The van der Waals surface area contributed by atoms with Crippen LogP contribution in [0.2, 0.25) is 0 Å². The van der Waals surface area contributed by atoms with Gasteiger partial charge in [0.1, 0.15) is 5.58 Å². The fraction of sp³-hybridized carbons (Fsp3) is 0.368. The van der Waals surface area contributed by atoms with E-state index in [9.17, 15) is 19.2 Å².